The predicted molar refractivity (Wildman–Crippen MR) is 94.4 cm³/mol. The highest BCUT2D eigenvalue weighted by Crippen LogP contribution is 2.35. The van der Waals surface area contributed by atoms with E-state index in [1.807, 2.05) is 0 Å². The molecule has 0 saturated carbocycles. The number of carbonyl (C=O) groups excluding carboxylic acids is 2. The van der Waals surface area contributed by atoms with Crippen LogP contribution in [0.5, 0.6) is 5.75 Å². The molecule has 24 heavy (non-hydrogen) atoms. The summed E-state index contributed by atoms with van der Waals surface area (Å²) in [5, 5.41) is 3.47. The van der Waals surface area contributed by atoms with Gasteiger partial charge in [0.15, 0.2) is 6.10 Å². The van der Waals surface area contributed by atoms with Gasteiger partial charge in [0, 0.05) is 24.4 Å². The lowest BCUT2D eigenvalue weighted by atomic mass is 10.1. The molecular formula is C17H14Cl2N2O3. The maximum absolute atomic E-state index is 12.3. The molecule has 1 unspecified atom stereocenters. The van der Waals surface area contributed by atoms with Crippen LogP contribution in [0.4, 0.5) is 11.4 Å². The van der Waals surface area contributed by atoms with Crippen molar-refractivity contribution in [3.05, 3.63) is 52.0 Å². The van der Waals surface area contributed by atoms with Crippen LogP contribution in [0.25, 0.3) is 0 Å². The van der Waals surface area contributed by atoms with E-state index in [1.165, 1.54) is 11.0 Å². The fraction of sp³-hybridized carbons (Fsp3) is 0.176. The molecule has 7 heteroatoms. The molecule has 0 fully saturated rings. The van der Waals surface area contributed by atoms with E-state index in [4.69, 9.17) is 27.9 Å². The van der Waals surface area contributed by atoms with Crippen LogP contribution < -0.4 is 15.0 Å². The number of likely N-dealkylation sites (N-methyl/N-ethyl adjacent to an activating group) is 1. The highest BCUT2D eigenvalue weighted by molar-refractivity contribution is 6.42. The molecule has 0 aromatic heterocycles. The maximum atomic E-state index is 12.3. The van der Waals surface area contributed by atoms with E-state index >= 15 is 0 Å². The first-order valence-electron chi connectivity index (χ1n) is 7.21. The lowest BCUT2D eigenvalue weighted by molar-refractivity contribution is -0.125. The van der Waals surface area contributed by atoms with Crippen LogP contribution >= 0.6 is 23.2 Å². The lowest BCUT2D eigenvalue weighted by Gasteiger charge is -2.30. The highest BCUT2D eigenvalue weighted by Gasteiger charge is 2.29. The Bertz CT molecular complexity index is 839. The summed E-state index contributed by atoms with van der Waals surface area (Å²) in [5.41, 5.74) is 1.61. The zero-order chi connectivity index (χ0) is 17.4. The largest absolute Gasteiger partial charge is 0.479 e. The van der Waals surface area contributed by atoms with E-state index in [2.05, 4.69) is 5.32 Å². The molecule has 0 spiro atoms. The third kappa shape index (κ3) is 3.05. The van der Waals surface area contributed by atoms with E-state index < -0.39 is 6.10 Å². The first kappa shape index (κ1) is 16.6. The number of nitrogens with one attached hydrogen (secondary N) is 1. The number of hydrogen-bond donors (Lipinski definition) is 1. The minimum Gasteiger partial charge on any atom is -0.479 e. The van der Waals surface area contributed by atoms with Crippen molar-refractivity contribution >= 4 is 46.4 Å². The van der Waals surface area contributed by atoms with Crippen molar-refractivity contribution in [2.24, 2.45) is 0 Å². The van der Waals surface area contributed by atoms with Crippen molar-refractivity contribution in [3.63, 3.8) is 0 Å². The van der Waals surface area contributed by atoms with Crippen LogP contribution in [0.1, 0.15) is 17.3 Å². The Hall–Kier alpha value is -2.24. The minimum atomic E-state index is -0.566. The fourth-order valence-corrected chi connectivity index (χ4v) is 2.73. The summed E-state index contributed by atoms with van der Waals surface area (Å²) < 4.78 is 5.60. The Kier molecular flexibility index (Phi) is 4.39. The number of anilines is 2. The number of carbonyl (C=O) groups is 2. The molecule has 124 valence electrons. The first-order chi connectivity index (χ1) is 11.4. The third-order valence-corrected chi connectivity index (χ3v) is 4.48. The molecule has 0 saturated heterocycles. The molecule has 1 aliphatic rings. The number of amides is 2. The Balaban J connectivity index is 1.84. The Morgan fingerprint density at radius 2 is 1.92 bits per heavy atom. The Labute approximate surface area is 149 Å². The Morgan fingerprint density at radius 1 is 1.17 bits per heavy atom. The van der Waals surface area contributed by atoms with Gasteiger partial charge in [0.25, 0.3) is 11.8 Å². The number of ether oxygens (including phenoxy) is 1. The number of nitrogens with zero attached hydrogens (tertiary/aromatic N) is 1. The van der Waals surface area contributed by atoms with Gasteiger partial charge in [-0.05, 0) is 37.3 Å². The van der Waals surface area contributed by atoms with Crippen molar-refractivity contribution in [2.75, 3.05) is 17.3 Å². The van der Waals surface area contributed by atoms with Gasteiger partial charge in [0.1, 0.15) is 5.75 Å². The van der Waals surface area contributed by atoms with Gasteiger partial charge in [-0.2, -0.15) is 0 Å². The minimum absolute atomic E-state index is 0.116. The first-order valence-corrected chi connectivity index (χ1v) is 7.97. The third-order valence-electron chi connectivity index (χ3n) is 3.74. The van der Waals surface area contributed by atoms with E-state index in [-0.39, 0.29) is 11.8 Å². The number of rotatable bonds is 2. The zero-order valence-corrected chi connectivity index (χ0v) is 14.5. The van der Waals surface area contributed by atoms with Gasteiger partial charge in [-0.25, -0.2) is 0 Å². The average Bonchev–Trinajstić information content (AvgIpc) is 2.55. The number of hydrogen-bond acceptors (Lipinski definition) is 3. The van der Waals surface area contributed by atoms with Crippen LogP contribution in [0.3, 0.4) is 0 Å². The molecule has 2 aromatic carbocycles. The van der Waals surface area contributed by atoms with Crippen LogP contribution in [0.2, 0.25) is 10.0 Å². The summed E-state index contributed by atoms with van der Waals surface area (Å²) in [5.74, 6) is 0.105. The van der Waals surface area contributed by atoms with Crippen LogP contribution in [-0.2, 0) is 4.79 Å². The molecule has 0 bridgehead atoms. The van der Waals surface area contributed by atoms with E-state index in [1.54, 1.807) is 44.3 Å². The van der Waals surface area contributed by atoms with E-state index in [0.29, 0.717) is 32.7 Å². The fourth-order valence-electron chi connectivity index (χ4n) is 2.44. The Morgan fingerprint density at radius 3 is 2.62 bits per heavy atom. The smallest absolute Gasteiger partial charge is 0.267 e. The summed E-state index contributed by atoms with van der Waals surface area (Å²) in [7, 11) is 1.69. The predicted octanol–water partition coefficient (Wildman–Crippen LogP) is 3.99. The molecule has 2 amide bonds. The second kappa shape index (κ2) is 6.34. The standard InChI is InChI=1S/C17H14Cl2N2O3/c1-9-17(23)21(2)14-6-4-11(8-15(14)24-9)20-16(22)10-3-5-12(18)13(19)7-10/h3-9H,1-2H3,(H,20,22). The normalized spacial score (nSPS) is 16.4. The molecule has 3 rings (SSSR count). The average molecular weight is 365 g/mol. The van der Waals surface area contributed by atoms with Gasteiger partial charge in [-0.1, -0.05) is 23.2 Å². The van der Waals surface area contributed by atoms with Gasteiger partial charge in [-0.3, -0.25) is 9.59 Å². The highest BCUT2D eigenvalue weighted by atomic mass is 35.5. The number of benzene rings is 2. The second-order valence-electron chi connectivity index (χ2n) is 5.42. The topological polar surface area (TPSA) is 58.6 Å². The zero-order valence-electron chi connectivity index (χ0n) is 13.0. The molecule has 5 nitrogen and oxygen atoms in total. The van der Waals surface area contributed by atoms with Crippen molar-refractivity contribution in [1.29, 1.82) is 0 Å². The van der Waals surface area contributed by atoms with Crippen molar-refractivity contribution in [1.82, 2.24) is 0 Å². The molecule has 1 aliphatic heterocycles. The number of fused-ring (bicyclic) bond motifs is 1. The van der Waals surface area contributed by atoms with Gasteiger partial charge in [-0.15, -0.1) is 0 Å². The SMILES string of the molecule is CC1Oc2cc(NC(=O)c3ccc(Cl)c(Cl)c3)ccc2N(C)C1=O. The van der Waals surface area contributed by atoms with Gasteiger partial charge >= 0.3 is 0 Å². The van der Waals surface area contributed by atoms with Crippen LogP contribution in [-0.4, -0.2) is 25.0 Å². The maximum Gasteiger partial charge on any atom is 0.267 e. The van der Waals surface area contributed by atoms with Gasteiger partial charge < -0.3 is 15.0 Å². The molecule has 0 radical (unpaired) electrons. The lowest BCUT2D eigenvalue weighted by Crippen LogP contribution is -2.41. The van der Waals surface area contributed by atoms with Crippen molar-refractivity contribution in [3.8, 4) is 5.75 Å². The van der Waals surface area contributed by atoms with Crippen molar-refractivity contribution in [2.45, 2.75) is 13.0 Å². The summed E-state index contributed by atoms with van der Waals surface area (Å²) in [6.07, 6.45) is -0.566. The van der Waals surface area contributed by atoms with Crippen LogP contribution in [0, 0.1) is 0 Å². The molecule has 1 atom stereocenters. The molecule has 2 aromatic rings. The van der Waals surface area contributed by atoms with Gasteiger partial charge in [0.05, 0.1) is 15.7 Å². The summed E-state index contributed by atoms with van der Waals surface area (Å²) in [4.78, 5) is 25.7. The monoisotopic (exact) mass is 364 g/mol. The molecular weight excluding hydrogens is 351 g/mol. The van der Waals surface area contributed by atoms with Crippen molar-refractivity contribution < 1.29 is 14.3 Å². The summed E-state index contributed by atoms with van der Waals surface area (Å²) in [6.45, 7) is 1.68. The molecule has 0 aliphatic carbocycles. The number of halogens is 2. The molecule has 1 heterocycles. The van der Waals surface area contributed by atoms with Crippen LogP contribution in [0.15, 0.2) is 36.4 Å². The summed E-state index contributed by atoms with van der Waals surface area (Å²) in [6, 6.07) is 9.78. The van der Waals surface area contributed by atoms with E-state index in [9.17, 15) is 9.59 Å². The molecule has 1 N–H and O–H groups in total. The quantitative estimate of drug-likeness (QED) is 0.876. The second-order valence-corrected chi connectivity index (χ2v) is 6.24. The van der Waals surface area contributed by atoms with Gasteiger partial charge in [0.2, 0.25) is 0 Å². The summed E-state index contributed by atoms with van der Waals surface area (Å²) >= 11 is 11.8. The van der Waals surface area contributed by atoms with E-state index in [0.717, 1.165) is 0 Å².